The molecule has 0 aliphatic carbocycles. The molecular weight excluding hydrogens is 264 g/mol. The van der Waals surface area contributed by atoms with Crippen molar-refractivity contribution in [1.82, 2.24) is 10.3 Å². The molecule has 1 aromatic carbocycles. The van der Waals surface area contributed by atoms with Gasteiger partial charge in [0, 0.05) is 18.3 Å². The second kappa shape index (κ2) is 7.22. The minimum Gasteiger partial charge on any atom is -0.384 e. The van der Waals surface area contributed by atoms with Gasteiger partial charge in [0.05, 0.1) is 0 Å². The molecule has 106 valence electrons. The summed E-state index contributed by atoms with van der Waals surface area (Å²) in [4.78, 5) is 16.1. The molecule has 0 radical (unpaired) electrons. The minimum atomic E-state index is -0.183. The summed E-state index contributed by atoms with van der Waals surface area (Å²) in [5.41, 5.74) is 3.11. The van der Waals surface area contributed by atoms with E-state index in [1.165, 1.54) is 0 Å². The van der Waals surface area contributed by atoms with Crippen LogP contribution in [0.4, 0.5) is 0 Å². The molecule has 2 aromatic rings. The number of hydrogen-bond donors (Lipinski definition) is 2. The van der Waals surface area contributed by atoms with Crippen molar-refractivity contribution in [3.8, 4) is 11.8 Å². The first-order chi connectivity index (χ1) is 10.2. The van der Waals surface area contributed by atoms with Gasteiger partial charge in [-0.15, -0.1) is 0 Å². The highest BCUT2D eigenvalue weighted by atomic mass is 16.2. The highest BCUT2D eigenvalue weighted by molar-refractivity contribution is 5.93. The molecule has 1 heterocycles. The average Bonchev–Trinajstić information content (AvgIpc) is 2.52. The lowest BCUT2D eigenvalue weighted by molar-refractivity contribution is 0.0945. The third-order valence-electron chi connectivity index (χ3n) is 2.94. The Kier molecular flexibility index (Phi) is 5.08. The highest BCUT2D eigenvalue weighted by Gasteiger charge is 2.09. The number of benzene rings is 1. The number of nitrogens with zero attached hydrogens (tertiary/aromatic N) is 1. The molecule has 0 saturated carbocycles. The number of amides is 1. The molecule has 4 heteroatoms. The Bertz CT molecular complexity index is 682. The van der Waals surface area contributed by atoms with Gasteiger partial charge in [0.25, 0.3) is 5.91 Å². The lowest BCUT2D eigenvalue weighted by Gasteiger charge is -2.06. The first-order valence-corrected chi connectivity index (χ1v) is 6.59. The lowest BCUT2D eigenvalue weighted by Crippen LogP contribution is -2.24. The number of aryl methyl sites for hydroxylation is 1. The van der Waals surface area contributed by atoms with Crippen molar-refractivity contribution in [1.29, 1.82) is 0 Å². The van der Waals surface area contributed by atoms with Crippen molar-refractivity contribution in [3.63, 3.8) is 0 Å². The second-order valence-corrected chi connectivity index (χ2v) is 4.51. The molecule has 2 rings (SSSR count). The third kappa shape index (κ3) is 4.16. The van der Waals surface area contributed by atoms with Crippen LogP contribution in [0.1, 0.15) is 27.2 Å². The van der Waals surface area contributed by atoms with E-state index in [0.29, 0.717) is 12.2 Å². The van der Waals surface area contributed by atoms with Crippen molar-refractivity contribution in [2.24, 2.45) is 0 Å². The van der Waals surface area contributed by atoms with Crippen LogP contribution in [0.2, 0.25) is 0 Å². The molecular formula is C17H16N2O2. The largest absolute Gasteiger partial charge is 0.384 e. The van der Waals surface area contributed by atoms with Crippen molar-refractivity contribution < 1.29 is 9.90 Å². The van der Waals surface area contributed by atoms with Crippen LogP contribution < -0.4 is 5.32 Å². The Labute approximate surface area is 123 Å². The van der Waals surface area contributed by atoms with E-state index in [9.17, 15) is 4.79 Å². The number of pyridine rings is 1. The van der Waals surface area contributed by atoms with Crippen molar-refractivity contribution in [2.45, 2.75) is 13.5 Å². The van der Waals surface area contributed by atoms with Crippen LogP contribution in [0.5, 0.6) is 0 Å². The van der Waals surface area contributed by atoms with E-state index in [1.807, 2.05) is 37.3 Å². The van der Waals surface area contributed by atoms with E-state index in [-0.39, 0.29) is 12.5 Å². The zero-order valence-corrected chi connectivity index (χ0v) is 11.8. The number of carbonyl (C=O) groups excluding carboxylic acids is 1. The normalized spacial score (nSPS) is 9.62. The SMILES string of the molecule is Cc1cccnc1C(=O)NCc1ccc(C#CCO)cc1. The fraction of sp³-hybridized carbons (Fsp3) is 0.176. The molecule has 1 aromatic heterocycles. The average molecular weight is 280 g/mol. The summed E-state index contributed by atoms with van der Waals surface area (Å²) >= 11 is 0. The molecule has 0 saturated heterocycles. The number of hydrogen-bond acceptors (Lipinski definition) is 3. The van der Waals surface area contributed by atoms with E-state index < -0.39 is 0 Å². The summed E-state index contributed by atoms with van der Waals surface area (Å²) in [5.74, 6) is 5.23. The van der Waals surface area contributed by atoms with Gasteiger partial charge < -0.3 is 10.4 Å². The van der Waals surface area contributed by atoms with Gasteiger partial charge in [-0.2, -0.15) is 0 Å². The first kappa shape index (κ1) is 14.8. The minimum absolute atomic E-state index is 0.152. The van der Waals surface area contributed by atoms with Crippen LogP contribution in [0, 0.1) is 18.8 Å². The third-order valence-corrected chi connectivity index (χ3v) is 2.94. The van der Waals surface area contributed by atoms with Crippen LogP contribution in [-0.4, -0.2) is 22.6 Å². The van der Waals surface area contributed by atoms with Crippen LogP contribution >= 0.6 is 0 Å². The summed E-state index contributed by atoms with van der Waals surface area (Å²) < 4.78 is 0. The number of carbonyl (C=O) groups is 1. The van der Waals surface area contributed by atoms with Crippen LogP contribution in [0.15, 0.2) is 42.6 Å². The summed E-state index contributed by atoms with van der Waals surface area (Å²) in [6.07, 6.45) is 1.61. The summed E-state index contributed by atoms with van der Waals surface area (Å²) in [6, 6.07) is 11.2. The zero-order chi connectivity index (χ0) is 15.1. The van der Waals surface area contributed by atoms with Gasteiger partial charge in [-0.05, 0) is 36.2 Å². The van der Waals surface area contributed by atoms with Gasteiger partial charge in [0.1, 0.15) is 12.3 Å². The molecule has 0 atom stereocenters. The molecule has 2 N–H and O–H groups in total. The maximum atomic E-state index is 12.0. The van der Waals surface area contributed by atoms with Gasteiger partial charge in [-0.1, -0.05) is 30.0 Å². The Morgan fingerprint density at radius 3 is 2.71 bits per heavy atom. The van der Waals surface area contributed by atoms with Gasteiger partial charge in [-0.25, -0.2) is 0 Å². The number of aliphatic hydroxyl groups is 1. The lowest BCUT2D eigenvalue weighted by atomic mass is 10.1. The predicted octanol–water partition coefficient (Wildman–Crippen LogP) is 1.66. The summed E-state index contributed by atoms with van der Waals surface area (Å²) in [6.45, 7) is 2.14. The van der Waals surface area contributed by atoms with Gasteiger partial charge in [0.15, 0.2) is 0 Å². The standard InChI is InChI=1S/C17H16N2O2/c1-13-4-2-10-18-16(13)17(21)19-12-15-8-6-14(7-9-15)5-3-11-20/h2,4,6-10,20H,11-12H2,1H3,(H,19,21). The first-order valence-electron chi connectivity index (χ1n) is 6.59. The zero-order valence-electron chi connectivity index (χ0n) is 11.8. The molecule has 0 spiro atoms. The Morgan fingerprint density at radius 1 is 1.29 bits per heavy atom. The molecule has 0 aliphatic rings. The Balaban J connectivity index is 1.97. The molecule has 0 unspecified atom stereocenters. The number of nitrogens with one attached hydrogen (secondary N) is 1. The topological polar surface area (TPSA) is 62.2 Å². The van der Waals surface area contributed by atoms with Crippen molar-refractivity contribution >= 4 is 5.91 Å². The summed E-state index contributed by atoms with van der Waals surface area (Å²) in [7, 11) is 0. The van der Waals surface area contributed by atoms with Crippen molar-refractivity contribution in [3.05, 3.63) is 65.0 Å². The van der Waals surface area contributed by atoms with Crippen LogP contribution in [0.3, 0.4) is 0 Å². The highest BCUT2D eigenvalue weighted by Crippen LogP contribution is 2.05. The molecule has 21 heavy (non-hydrogen) atoms. The number of aliphatic hydroxyl groups excluding tert-OH is 1. The number of aromatic nitrogens is 1. The fourth-order valence-electron chi connectivity index (χ4n) is 1.84. The number of rotatable bonds is 3. The smallest absolute Gasteiger partial charge is 0.270 e. The Hall–Kier alpha value is -2.64. The Morgan fingerprint density at radius 2 is 2.05 bits per heavy atom. The van der Waals surface area contributed by atoms with E-state index in [4.69, 9.17) is 5.11 Å². The second-order valence-electron chi connectivity index (χ2n) is 4.51. The maximum absolute atomic E-state index is 12.0. The van der Waals surface area contributed by atoms with E-state index in [2.05, 4.69) is 22.1 Å². The molecule has 0 bridgehead atoms. The van der Waals surface area contributed by atoms with E-state index in [0.717, 1.165) is 16.7 Å². The molecule has 4 nitrogen and oxygen atoms in total. The van der Waals surface area contributed by atoms with Gasteiger partial charge in [-0.3, -0.25) is 9.78 Å². The molecule has 1 amide bonds. The van der Waals surface area contributed by atoms with E-state index in [1.54, 1.807) is 12.3 Å². The summed E-state index contributed by atoms with van der Waals surface area (Å²) in [5, 5.41) is 11.5. The van der Waals surface area contributed by atoms with E-state index >= 15 is 0 Å². The monoisotopic (exact) mass is 280 g/mol. The molecule has 0 fully saturated rings. The van der Waals surface area contributed by atoms with Gasteiger partial charge in [0.2, 0.25) is 0 Å². The van der Waals surface area contributed by atoms with Crippen LogP contribution in [0.25, 0.3) is 0 Å². The van der Waals surface area contributed by atoms with Crippen LogP contribution in [-0.2, 0) is 6.54 Å². The van der Waals surface area contributed by atoms with Crippen molar-refractivity contribution in [2.75, 3.05) is 6.61 Å². The fourth-order valence-corrected chi connectivity index (χ4v) is 1.84. The van der Waals surface area contributed by atoms with Gasteiger partial charge >= 0.3 is 0 Å². The maximum Gasteiger partial charge on any atom is 0.270 e. The molecule has 0 aliphatic heterocycles. The quantitative estimate of drug-likeness (QED) is 0.841. The predicted molar refractivity (Wildman–Crippen MR) is 80.6 cm³/mol.